The van der Waals surface area contributed by atoms with Gasteiger partial charge in [-0.3, -0.25) is 11.3 Å². The van der Waals surface area contributed by atoms with Crippen LogP contribution in [-0.2, 0) is 4.74 Å². The second-order valence-corrected chi connectivity index (χ2v) is 5.48. The van der Waals surface area contributed by atoms with Crippen molar-refractivity contribution in [1.82, 2.24) is 5.43 Å². The molecule has 1 aliphatic rings. The Morgan fingerprint density at radius 3 is 2.45 bits per heavy atom. The topological polar surface area (TPSA) is 56.5 Å². The van der Waals surface area contributed by atoms with Gasteiger partial charge in [0.1, 0.15) is 5.75 Å². The zero-order valence-corrected chi connectivity index (χ0v) is 12.5. The van der Waals surface area contributed by atoms with Gasteiger partial charge >= 0.3 is 0 Å². The van der Waals surface area contributed by atoms with Crippen LogP contribution in [0, 0.1) is 5.92 Å². The van der Waals surface area contributed by atoms with E-state index in [0.29, 0.717) is 5.92 Å². The molecule has 1 aliphatic carbocycles. The van der Waals surface area contributed by atoms with Gasteiger partial charge in [0.25, 0.3) is 0 Å². The average molecular weight is 278 g/mol. The Morgan fingerprint density at radius 2 is 1.85 bits per heavy atom. The van der Waals surface area contributed by atoms with Gasteiger partial charge in [-0.15, -0.1) is 0 Å². The van der Waals surface area contributed by atoms with Crippen molar-refractivity contribution in [3.63, 3.8) is 0 Å². The van der Waals surface area contributed by atoms with Gasteiger partial charge < -0.3 is 9.47 Å². The molecule has 3 N–H and O–H groups in total. The molecule has 4 heteroatoms. The smallest absolute Gasteiger partial charge is 0.123 e. The summed E-state index contributed by atoms with van der Waals surface area (Å²) in [5, 5.41) is 0. The van der Waals surface area contributed by atoms with E-state index in [9.17, 15) is 0 Å². The molecule has 2 rings (SSSR count). The molecule has 0 amide bonds. The molecule has 0 aromatic heterocycles. The molecule has 0 spiro atoms. The predicted octanol–water partition coefficient (Wildman–Crippen LogP) is 2.79. The molecule has 1 saturated carbocycles. The molecule has 20 heavy (non-hydrogen) atoms. The Balaban J connectivity index is 2.23. The minimum Gasteiger partial charge on any atom is -0.496 e. The molecule has 0 radical (unpaired) electrons. The fourth-order valence-corrected chi connectivity index (χ4v) is 3.35. The first-order chi connectivity index (χ1) is 9.81. The van der Waals surface area contributed by atoms with E-state index in [0.717, 1.165) is 11.3 Å². The van der Waals surface area contributed by atoms with Crippen LogP contribution in [0.5, 0.6) is 5.75 Å². The summed E-state index contributed by atoms with van der Waals surface area (Å²) in [5.41, 5.74) is 4.00. The van der Waals surface area contributed by atoms with Crippen LogP contribution in [0.15, 0.2) is 24.3 Å². The third kappa shape index (κ3) is 3.32. The Kier molecular flexibility index (Phi) is 5.83. The number of para-hydroxylation sites is 1. The van der Waals surface area contributed by atoms with Crippen LogP contribution in [0.3, 0.4) is 0 Å². The normalized spacial score (nSPS) is 19.6. The Labute approximate surface area is 121 Å². The van der Waals surface area contributed by atoms with Crippen LogP contribution in [-0.4, -0.2) is 20.3 Å². The molecule has 2 unspecified atom stereocenters. The van der Waals surface area contributed by atoms with E-state index in [1.807, 2.05) is 18.2 Å². The summed E-state index contributed by atoms with van der Waals surface area (Å²) >= 11 is 0. The highest BCUT2D eigenvalue weighted by Crippen LogP contribution is 2.36. The summed E-state index contributed by atoms with van der Waals surface area (Å²) in [7, 11) is 3.47. The lowest BCUT2D eigenvalue weighted by molar-refractivity contribution is 0.00696. The number of hydrogen-bond donors (Lipinski definition) is 2. The maximum atomic E-state index is 5.83. The minimum absolute atomic E-state index is 0.0424. The number of nitrogens with two attached hydrogens (primary N) is 1. The van der Waals surface area contributed by atoms with Gasteiger partial charge in [0.2, 0.25) is 0 Å². The van der Waals surface area contributed by atoms with E-state index in [1.165, 1.54) is 32.1 Å². The van der Waals surface area contributed by atoms with Gasteiger partial charge in [-0.1, -0.05) is 37.5 Å². The third-order valence-electron chi connectivity index (χ3n) is 4.37. The lowest BCUT2D eigenvalue weighted by Gasteiger charge is -2.35. The second-order valence-electron chi connectivity index (χ2n) is 5.48. The maximum Gasteiger partial charge on any atom is 0.123 e. The molecule has 112 valence electrons. The zero-order valence-electron chi connectivity index (χ0n) is 12.5. The Bertz CT molecular complexity index is 405. The number of nitrogens with one attached hydrogen (secondary N) is 1. The van der Waals surface area contributed by atoms with E-state index in [4.69, 9.17) is 15.3 Å². The Morgan fingerprint density at radius 1 is 1.15 bits per heavy atom. The highest BCUT2D eigenvalue weighted by molar-refractivity contribution is 5.36. The monoisotopic (exact) mass is 278 g/mol. The van der Waals surface area contributed by atoms with Crippen molar-refractivity contribution in [3.05, 3.63) is 29.8 Å². The van der Waals surface area contributed by atoms with E-state index < -0.39 is 0 Å². The first kappa shape index (κ1) is 15.3. The van der Waals surface area contributed by atoms with Crippen LogP contribution in [0.1, 0.15) is 43.7 Å². The number of rotatable bonds is 6. The van der Waals surface area contributed by atoms with Crippen LogP contribution in [0.25, 0.3) is 0 Å². The van der Waals surface area contributed by atoms with Crippen molar-refractivity contribution in [2.45, 2.75) is 44.2 Å². The van der Waals surface area contributed by atoms with Crippen molar-refractivity contribution < 1.29 is 9.47 Å². The van der Waals surface area contributed by atoms with Gasteiger partial charge in [0, 0.05) is 12.7 Å². The lowest BCUT2D eigenvalue weighted by atomic mass is 9.81. The maximum absolute atomic E-state index is 5.83. The van der Waals surface area contributed by atoms with E-state index in [1.54, 1.807) is 14.2 Å². The molecule has 0 aliphatic heterocycles. The molecule has 0 saturated heterocycles. The third-order valence-corrected chi connectivity index (χ3v) is 4.37. The highest BCUT2D eigenvalue weighted by Gasteiger charge is 2.32. The van der Waals surface area contributed by atoms with Crippen LogP contribution in [0.2, 0.25) is 0 Å². The van der Waals surface area contributed by atoms with E-state index >= 15 is 0 Å². The quantitative estimate of drug-likeness (QED) is 0.620. The van der Waals surface area contributed by atoms with Gasteiger partial charge in [-0.2, -0.15) is 0 Å². The molecule has 2 atom stereocenters. The zero-order chi connectivity index (χ0) is 14.4. The molecule has 1 fully saturated rings. The SMILES string of the molecule is COc1ccccc1C(NN)C(OC)C1CCCCC1. The van der Waals surface area contributed by atoms with Gasteiger partial charge in [-0.05, 0) is 24.8 Å². The summed E-state index contributed by atoms with van der Waals surface area (Å²) in [6, 6.07) is 7.96. The number of ether oxygens (including phenoxy) is 2. The molecular weight excluding hydrogens is 252 g/mol. The first-order valence-electron chi connectivity index (χ1n) is 7.43. The van der Waals surface area contributed by atoms with Crippen molar-refractivity contribution in [2.24, 2.45) is 11.8 Å². The van der Waals surface area contributed by atoms with Crippen molar-refractivity contribution in [1.29, 1.82) is 0 Å². The molecule has 1 aromatic carbocycles. The van der Waals surface area contributed by atoms with Gasteiger partial charge in [-0.25, -0.2) is 0 Å². The van der Waals surface area contributed by atoms with E-state index in [-0.39, 0.29) is 12.1 Å². The number of hydrazine groups is 1. The fourth-order valence-electron chi connectivity index (χ4n) is 3.35. The molecule has 4 nitrogen and oxygen atoms in total. The summed E-state index contributed by atoms with van der Waals surface area (Å²) in [5.74, 6) is 7.24. The summed E-state index contributed by atoms with van der Waals surface area (Å²) in [4.78, 5) is 0. The molecule has 1 aromatic rings. The number of hydrogen-bond acceptors (Lipinski definition) is 4. The highest BCUT2D eigenvalue weighted by atomic mass is 16.5. The van der Waals surface area contributed by atoms with Gasteiger partial charge in [0.05, 0.1) is 19.3 Å². The largest absolute Gasteiger partial charge is 0.496 e. The number of benzene rings is 1. The summed E-state index contributed by atoms with van der Waals surface area (Å²) < 4.78 is 11.3. The van der Waals surface area contributed by atoms with Crippen LogP contribution >= 0.6 is 0 Å². The van der Waals surface area contributed by atoms with Crippen LogP contribution in [0.4, 0.5) is 0 Å². The lowest BCUT2D eigenvalue weighted by Crippen LogP contribution is -2.42. The fraction of sp³-hybridized carbons (Fsp3) is 0.625. The molecular formula is C16H26N2O2. The summed E-state index contributed by atoms with van der Waals surface area (Å²) in [6.07, 6.45) is 6.41. The summed E-state index contributed by atoms with van der Waals surface area (Å²) in [6.45, 7) is 0. The Hall–Kier alpha value is -1.10. The van der Waals surface area contributed by atoms with E-state index in [2.05, 4.69) is 11.5 Å². The predicted molar refractivity (Wildman–Crippen MR) is 80.4 cm³/mol. The minimum atomic E-state index is -0.0424. The van der Waals surface area contributed by atoms with Crippen molar-refractivity contribution >= 4 is 0 Å². The first-order valence-corrected chi connectivity index (χ1v) is 7.43. The van der Waals surface area contributed by atoms with Crippen molar-refractivity contribution in [2.75, 3.05) is 14.2 Å². The average Bonchev–Trinajstić information content (AvgIpc) is 2.53. The standard InChI is InChI=1S/C16H26N2O2/c1-19-14-11-7-6-10-13(14)15(18-17)16(20-2)12-8-4-3-5-9-12/h6-7,10-12,15-16,18H,3-5,8-9,17H2,1-2H3. The number of methoxy groups -OCH3 is 2. The van der Waals surface area contributed by atoms with Crippen LogP contribution < -0.4 is 16.0 Å². The molecule has 0 bridgehead atoms. The second kappa shape index (κ2) is 7.62. The molecule has 0 heterocycles. The van der Waals surface area contributed by atoms with Gasteiger partial charge in [0.15, 0.2) is 0 Å². The van der Waals surface area contributed by atoms with Crippen molar-refractivity contribution in [3.8, 4) is 5.75 Å².